The molecule has 0 N–H and O–H groups in total. The highest BCUT2D eigenvalue weighted by molar-refractivity contribution is 6.04. The van der Waals surface area contributed by atoms with Crippen LogP contribution in [0.2, 0.25) is 0 Å². The third-order valence-corrected chi connectivity index (χ3v) is 4.74. The zero-order valence-electron chi connectivity index (χ0n) is 14.8. The molecule has 2 rings (SSSR count). The lowest BCUT2D eigenvalue weighted by Gasteiger charge is -2.34. The molecule has 0 heterocycles. The molecule has 134 valence electrons. The molecular weight excluding hydrogens is 327 g/mol. The zero-order chi connectivity index (χ0) is 18.8. The summed E-state index contributed by atoms with van der Waals surface area (Å²) in [5.41, 5.74) is -0.422. The normalized spacial score (nSPS) is 15.0. The fraction of sp³-hybridized carbons (Fsp3) is 0.350. The smallest absolute Gasteiger partial charge is 0.194 e. The number of benzene rings is 2. The Hall–Kier alpha value is -2.14. The van der Waals surface area contributed by atoms with Crippen molar-refractivity contribution in [3.8, 4) is 0 Å². The quantitative estimate of drug-likeness (QED) is 0.562. The van der Waals surface area contributed by atoms with E-state index in [-0.39, 0.29) is 11.6 Å². The minimum Gasteiger partial charge on any atom is -0.307 e. The van der Waals surface area contributed by atoms with E-state index < -0.39 is 28.6 Å². The summed E-state index contributed by atoms with van der Waals surface area (Å²) in [6.45, 7) is 3.73. The van der Waals surface area contributed by atoms with Gasteiger partial charge in [0.1, 0.15) is 0 Å². The highest BCUT2D eigenvalue weighted by Crippen LogP contribution is 2.34. The van der Waals surface area contributed by atoms with E-state index in [0.29, 0.717) is 6.42 Å². The highest BCUT2D eigenvalue weighted by atomic mass is 19.2. The molecule has 0 unspecified atom stereocenters. The Balaban J connectivity index is 2.54. The molecular formula is C20H22F3NO. The van der Waals surface area contributed by atoms with Gasteiger partial charge in [0.2, 0.25) is 0 Å². The van der Waals surface area contributed by atoms with Gasteiger partial charge >= 0.3 is 0 Å². The number of Topliss-reactive ketones (excluding diaryl/α,β-unsaturated/α-hetero) is 1. The molecule has 2 nitrogen and oxygen atoms in total. The Bertz CT molecular complexity index is 738. The van der Waals surface area contributed by atoms with Crippen molar-refractivity contribution < 1.29 is 18.0 Å². The first-order valence-electron chi connectivity index (χ1n) is 8.08. The van der Waals surface area contributed by atoms with Crippen molar-refractivity contribution in [3.05, 3.63) is 71.0 Å². The standard InChI is InChI=1S/C20H22F3NO/c1-13(24(3)4)12-20(2,15-8-6-5-7-9-15)19(25)14-10-16(21)18(23)17(22)11-14/h5-11,13H,12H2,1-4H3/t13-,20-/m0/s1. The highest BCUT2D eigenvalue weighted by Gasteiger charge is 2.38. The van der Waals surface area contributed by atoms with Crippen molar-refractivity contribution in [3.63, 3.8) is 0 Å². The first kappa shape index (κ1) is 19.2. The first-order chi connectivity index (χ1) is 11.7. The van der Waals surface area contributed by atoms with Crippen molar-refractivity contribution in [2.45, 2.75) is 31.7 Å². The van der Waals surface area contributed by atoms with Gasteiger partial charge in [-0.1, -0.05) is 30.3 Å². The number of nitrogens with zero attached hydrogens (tertiary/aromatic N) is 1. The topological polar surface area (TPSA) is 20.3 Å². The molecule has 0 amide bonds. The van der Waals surface area contributed by atoms with Crippen LogP contribution in [0.1, 0.15) is 36.2 Å². The molecule has 0 bridgehead atoms. The van der Waals surface area contributed by atoms with Crippen molar-refractivity contribution in [1.29, 1.82) is 0 Å². The second kappa shape index (κ2) is 7.40. The summed E-state index contributed by atoms with van der Waals surface area (Å²) >= 11 is 0. The van der Waals surface area contributed by atoms with Gasteiger partial charge < -0.3 is 4.90 Å². The number of ketones is 1. The lowest BCUT2D eigenvalue weighted by molar-refractivity contribution is 0.0861. The van der Waals surface area contributed by atoms with Gasteiger partial charge in [0.05, 0.1) is 5.41 Å². The van der Waals surface area contributed by atoms with Gasteiger partial charge in [-0.2, -0.15) is 0 Å². The molecule has 0 aliphatic rings. The van der Waals surface area contributed by atoms with Crippen LogP contribution in [0.3, 0.4) is 0 Å². The van der Waals surface area contributed by atoms with Crippen LogP contribution in [0.4, 0.5) is 13.2 Å². The molecule has 0 aliphatic heterocycles. The lowest BCUT2D eigenvalue weighted by atomic mass is 9.72. The second-order valence-corrected chi connectivity index (χ2v) is 6.80. The lowest BCUT2D eigenvalue weighted by Crippen LogP contribution is -2.40. The molecule has 0 fully saturated rings. The molecule has 5 heteroatoms. The number of hydrogen-bond acceptors (Lipinski definition) is 2. The van der Waals surface area contributed by atoms with Crippen LogP contribution in [-0.2, 0) is 5.41 Å². The summed E-state index contributed by atoms with van der Waals surface area (Å²) in [5, 5.41) is 0. The van der Waals surface area contributed by atoms with E-state index in [1.807, 2.05) is 56.3 Å². The van der Waals surface area contributed by atoms with Crippen LogP contribution in [0.25, 0.3) is 0 Å². The van der Waals surface area contributed by atoms with E-state index in [0.717, 1.165) is 17.7 Å². The fourth-order valence-corrected chi connectivity index (χ4v) is 2.93. The van der Waals surface area contributed by atoms with E-state index in [1.54, 1.807) is 6.92 Å². The Labute approximate surface area is 146 Å². The molecule has 0 aliphatic carbocycles. The van der Waals surface area contributed by atoms with Gasteiger partial charge in [0, 0.05) is 11.6 Å². The molecule has 0 saturated heterocycles. The van der Waals surface area contributed by atoms with Gasteiger partial charge in [-0.15, -0.1) is 0 Å². The SMILES string of the molecule is C[C@@H](C[C@](C)(C(=O)c1cc(F)c(F)c(F)c1)c1ccccc1)N(C)C. The molecule has 0 radical (unpaired) electrons. The maximum absolute atomic E-state index is 13.6. The first-order valence-corrected chi connectivity index (χ1v) is 8.08. The Morgan fingerprint density at radius 2 is 1.60 bits per heavy atom. The molecule has 2 aromatic carbocycles. The van der Waals surface area contributed by atoms with E-state index in [4.69, 9.17) is 0 Å². The predicted molar refractivity (Wildman–Crippen MR) is 92.2 cm³/mol. The average molecular weight is 349 g/mol. The minimum absolute atomic E-state index is 0.0456. The third-order valence-electron chi connectivity index (χ3n) is 4.74. The molecule has 2 aromatic rings. The van der Waals surface area contributed by atoms with Crippen molar-refractivity contribution in [2.24, 2.45) is 0 Å². The predicted octanol–water partition coefficient (Wildman–Crippen LogP) is 4.58. The Morgan fingerprint density at radius 3 is 2.08 bits per heavy atom. The molecule has 0 aromatic heterocycles. The summed E-state index contributed by atoms with van der Waals surface area (Å²) in [5.74, 6) is -4.73. The maximum Gasteiger partial charge on any atom is 0.194 e. The van der Waals surface area contributed by atoms with E-state index in [2.05, 4.69) is 0 Å². The summed E-state index contributed by atoms with van der Waals surface area (Å²) in [4.78, 5) is 15.1. The van der Waals surface area contributed by atoms with Crippen LogP contribution in [0.5, 0.6) is 0 Å². The van der Waals surface area contributed by atoms with Crippen molar-refractivity contribution in [1.82, 2.24) is 4.90 Å². The average Bonchev–Trinajstić information content (AvgIpc) is 2.59. The zero-order valence-corrected chi connectivity index (χ0v) is 14.8. The monoisotopic (exact) mass is 349 g/mol. The van der Waals surface area contributed by atoms with Gasteiger partial charge in [-0.05, 0) is 52.1 Å². The number of carbonyl (C=O) groups excluding carboxylic acids is 1. The van der Waals surface area contributed by atoms with Gasteiger partial charge in [0.15, 0.2) is 23.2 Å². The molecule has 2 atom stereocenters. The third kappa shape index (κ3) is 3.93. The van der Waals surface area contributed by atoms with Crippen LogP contribution in [0.15, 0.2) is 42.5 Å². The van der Waals surface area contributed by atoms with Gasteiger partial charge in [0.25, 0.3) is 0 Å². The Kier molecular flexibility index (Phi) is 5.68. The van der Waals surface area contributed by atoms with E-state index >= 15 is 0 Å². The van der Waals surface area contributed by atoms with Crippen LogP contribution >= 0.6 is 0 Å². The Morgan fingerprint density at radius 1 is 1.08 bits per heavy atom. The largest absolute Gasteiger partial charge is 0.307 e. The summed E-state index contributed by atoms with van der Waals surface area (Å²) < 4.78 is 40.5. The number of halogens is 3. The van der Waals surface area contributed by atoms with E-state index in [9.17, 15) is 18.0 Å². The fourth-order valence-electron chi connectivity index (χ4n) is 2.93. The number of carbonyl (C=O) groups is 1. The van der Waals surface area contributed by atoms with E-state index in [1.165, 1.54) is 0 Å². The second-order valence-electron chi connectivity index (χ2n) is 6.80. The van der Waals surface area contributed by atoms with Crippen molar-refractivity contribution in [2.75, 3.05) is 14.1 Å². The summed E-state index contributed by atoms with van der Waals surface area (Å²) in [6.07, 6.45) is 0.448. The van der Waals surface area contributed by atoms with Crippen LogP contribution < -0.4 is 0 Å². The van der Waals surface area contributed by atoms with Crippen LogP contribution in [-0.4, -0.2) is 30.8 Å². The minimum atomic E-state index is -1.57. The van der Waals surface area contributed by atoms with Crippen molar-refractivity contribution >= 4 is 5.78 Å². The summed E-state index contributed by atoms with van der Waals surface area (Å²) in [6, 6.07) is 10.7. The van der Waals surface area contributed by atoms with Gasteiger partial charge in [-0.25, -0.2) is 13.2 Å². The van der Waals surface area contributed by atoms with Crippen LogP contribution in [0, 0.1) is 17.5 Å². The number of hydrogen-bond donors (Lipinski definition) is 0. The molecule has 0 saturated carbocycles. The maximum atomic E-state index is 13.6. The molecule has 25 heavy (non-hydrogen) atoms. The van der Waals surface area contributed by atoms with Gasteiger partial charge in [-0.3, -0.25) is 4.79 Å². The number of rotatable bonds is 6. The summed E-state index contributed by atoms with van der Waals surface area (Å²) in [7, 11) is 3.80. The molecule has 0 spiro atoms.